The second kappa shape index (κ2) is 9.80. The molecule has 2 aromatic carbocycles. The predicted molar refractivity (Wildman–Crippen MR) is 96.0 cm³/mol. The Morgan fingerprint density at radius 1 is 0.750 bits per heavy atom. The highest BCUT2D eigenvalue weighted by Crippen LogP contribution is 2.21. The zero-order valence-corrected chi connectivity index (χ0v) is 14.4. The molecule has 0 aliphatic carbocycles. The van der Waals surface area contributed by atoms with Crippen molar-refractivity contribution in [3.63, 3.8) is 0 Å². The lowest BCUT2D eigenvalue weighted by atomic mass is 10.2. The van der Waals surface area contributed by atoms with Crippen LogP contribution in [0.2, 0.25) is 0 Å². The Kier molecular flexibility index (Phi) is 8.09. The van der Waals surface area contributed by atoms with Gasteiger partial charge in [-0.3, -0.25) is 0 Å². The molecular weight excluding hydrogens is 306 g/mol. The van der Waals surface area contributed by atoms with Gasteiger partial charge in [-0.05, 0) is 56.2 Å². The number of anilines is 1. The van der Waals surface area contributed by atoms with Crippen LogP contribution in [0.4, 0.5) is 5.69 Å². The normalized spacial score (nSPS) is 12.7. The molecule has 0 aliphatic rings. The van der Waals surface area contributed by atoms with Crippen molar-refractivity contribution in [2.75, 3.05) is 4.90 Å². The molecule has 0 aromatic heterocycles. The molecular formula is C19H27NO4. The van der Waals surface area contributed by atoms with Crippen LogP contribution >= 0.6 is 0 Å². The number of aromatic hydroxyl groups is 2. The Morgan fingerprint density at radius 3 is 1.46 bits per heavy atom. The summed E-state index contributed by atoms with van der Waals surface area (Å²) in [5.74, 6) is 0.339. The molecule has 0 amide bonds. The van der Waals surface area contributed by atoms with Crippen molar-refractivity contribution in [1.82, 2.24) is 0 Å². The van der Waals surface area contributed by atoms with Crippen molar-refractivity contribution in [2.45, 2.75) is 46.1 Å². The highest BCUT2D eigenvalue weighted by atomic mass is 16.3. The summed E-state index contributed by atoms with van der Waals surface area (Å²) in [7, 11) is 0. The first-order valence-electron chi connectivity index (χ1n) is 8.08. The summed E-state index contributed by atoms with van der Waals surface area (Å²) in [6.07, 6.45) is -0.106. The Labute approximate surface area is 143 Å². The third-order valence-corrected chi connectivity index (χ3v) is 3.55. The molecule has 4 N–H and O–H groups in total. The number of nitrogens with zero attached hydrogens (tertiary/aromatic N) is 1. The van der Waals surface area contributed by atoms with Crippen LogP contribution in [0.3, 0.4) is 0 Å². The first-order valence-corrected chi connectivity index (χ1v) is 8.08. The quantitative estimate of drug-likeness (QED) is 0.498. The number of aliphatic hydroxyl groups is 2. The Bertz CT molecular complexity index is 552. The van der Waals surface area contributed by atoms with E-state index in [1.807, 2.05) is 45.0 Å². The van der Waals surface area contributed by atoms with E-state index in [2.05, 4.69) is 0 Å². The first-order chi connectivity index (χ1) is 11.4. The highest BCUT2D eigenvalue weighted by Gasteiger charge is 2.20. The zero-order valence-electron chi connectivity index (χ0n) is 14.4. The Morgan fingerprint density at radius 2 is 1.12 bits per heavy atom. The molecule has 132 valence electrons. The maximum Gasteiger partial charge on any atom is 0.128 e. The van der Waals surface area contributed by atoms with E-state index in [4.69, 9.17) is 10.2 Å². The predicted octanol–water partition coefficient (Wildman–Crippen LogP) is 3.36. The minimum atomic E-state index is -0.641. The van der Waals surface area contributed by atoms with Crippen molar-refractivity contribution in [2.24, 2.45) is 0 Å². The molecule has 2 unspecified atom stereocenters. The van der Waals surface area contributed by atoms with Gasteiger partial charge in [0.2, 0.25) is 0 Å². The van der Waals surface area contributed by atoms with Gasteiger partial charge in [0.25, 0.3) is 0 Å². The molecule has 0 bridgehead atoms. The molecule has 0 aliphatic heterocycles. The zero-order chi connectivity index (χ0) is 18.1. The minimum absolute atomic E-state index is 0.169. The van der Waals surface area contributed by atoms with Gasteiger partial charge in [-0.25, -0.2) is 0 Å². The van der Waals surface area contributed by atoms with Crippen molar-refractivity contribution >= 4 is 5.69 Å². The van der Waals surface area contributed by atoms with E-state index >= 15 is 0 Å². The van der Waals surface area contributed by atoms with E-state index in [1.54, 1.807) is 4.90 Å². The summed E-state index contributed by atoms with van der Waals surface area (Å²) >= 11 is 0. The fourth-order valence-electron chi connectivity index (χ4n) is 2.11. The van der Waals surface area contributed by atoms with E-state index in [-0.39, 0.29) is 11.5 Å². The second-order valence-electron chi connectivity index (χ2n) is 5.54. The van der Waals surface area contributed by atoms with Crippen molar-refractivity contribution in [1.29, 1.82) is 0 Å². The number of benzene rings is 2. The lowest BCUT2D eigenvalue weighted by Crippen LogP contribution is -2.42. The Balaban J connectivity index is 0.000000300. The fraction of sp³-hybridized carbons (Fsp3) is 0.368. The SMILES string of the molecule is CCC(O)N(c1ccc(C)cc1)C(O)CC.Oc1ccc(O)cc1. The molecule has 0 radical (unpaired) electrons. The lowest BCUT2D eigenvalue weighted by molar-refractivity contribution is 0.0798. The van der Waals surface area contributed by atoms with Gasteiger partial charge in [-0.1, -0.05) is 31.5 Å². The summed E-state index contributed by atoms with van der Waals surface area (Å²) in [6, 6.07) is 13.5. The van der Waals surface area contributed by atoms with E-state index in [1.165, 1.54) is 29.8 Å². The van der Waals surface area contributed by atoms with Crippen LogP contribution in [0.15, 0.2) is 48.5 Å². The van der Waals surface area contributed by atoms with Crippen molar-refractivity contribution in [3.8, 4) is 11.5 Å². The summed E-state index contributed by atoms with van der Waals surface area (Å²) in [5, 5.41) is 37.1. The van der Waals surface area contributed by atoms with E-state index in [0.717, 1.165) is 5.69 Å². The summed E-state index contributed by atoms with van der Waals surface area (Å²) in [5.41, 5.74) is 2.02. The second-order valence-corrected chi connectivity index (χ2v) is 5.54. The summed E-state index contributed by atoms with van der Waals surface area (Å²) in [6.45, 7) is 5.81. The van der Waals surface area contributed by atoms with Crippen LogP contribution in [0.25, 0.3) is 0 Å². The highest BCUT2D eigenvalue weighted by molar-refractivity contribution is 5.48. The third kappa shape index (κ3) is 6.10. The average molecular weight is 333 g/mol. The minimum Gasteiger partial charge on any atom is -0.508 e. The van der Waals surface area contributed by atoms with Crippen LogP contribution < -0.4 is 4.90 Å². The molecule has 24 heavy (non-hydrogen) atoms. The number of phenolic OH excluding ortho intramolecular Hbond substituents is 2. The molecule has 5 heteroatoms. The van der Waals surface area contributed by atoms with E-state index < -0.39 is 12.5 Å². The standard InChI is InChI=1S/C13H21NO2.C6H6O2/c1-4-12(15)14(13(16)5-2)11-8-6-10(3)7-9-11;7-5-1-2-6(8)4-3-5/h6-9,12-13,15-16H,4-5H2,1-3H3;1-4,7-8H. The maximum atomic E-state index is 9.91. The van der Waals surface area contributed by atoms with Gasteiger partial charge < -0.3 is 25.3 Å². The smallest absolute Gasteiger partial charge is 0.128 e. The number of aryl methyl sites for hydroxylation is 1. The van der Waals surface area contributed by atoms with Crippen LogP contribution in [0, 0.1) is 6.92 Å². The third-order valence-electron chi connectivity index (χ3n) is 3.55. The molecule has 0 spiro atoms. The Hall–Kier alpha value is -2.24. The number of aliphatic hydroxyl groups excluding tert-OH is 2. The molecule has 2 aromatic rings. The molecule has 0 heterocycles. The van der Waals surface area contributed by atoms with Crippen molar-refractivity contribution in [3.05, 3.63) is 54.1 Å². The monoisotopic (exact) mass is 333 g/mol. The van der Waals surface area contributed by atoms with Gasteiger partial charge in [0.1, 0.15) is 24.0 Å². The van der Waals surface area contributed by atoms with Crippen LogP contribution in [-0.4, -0.2) is 32.9 Å². The largest absolute Gasteiger partial charge is 0.508 e. The molecule has 2 rings (SSSR count). The molecule has 0 fully saturated rings. The fourth-order valence-corrected chi connectivity index (χ4v) is 2.11. The van der Waals surface area contributed by atoms with Crippen LogP contribution in [0.1, 0.15) is 32.3 Å². The van der Waals surface area contributed by atoms with Gasteiger partial charge in [0, 0.05) is 5.69 Å². The maximum absolute atomic E-state index is 9.91. The van der Waals surface area contributed by atoms with E-state index in [0.29, 0.717) is 12.8 Å². The number of hydrogen-bond acceptors (Lipinski definition) is 5. The summed E-state index contributed by atoms with van der Waals surface area (Å²) in [4.78, 5) is 1.65. The summed E-state index contributed by atoms with van der Waals surface area (Å²) < 4.78 is 0. The van der Waals surface area contributed by atoms with Gasteiger partial charge in [-0.2, -0.15) is 0 Å². The van der Waals surface area contributed by atoms with Gasteiger partial charge in [-0.15, -0.1) is 0 Å². The van der Waals surface area contributed by atoms with Crippen LogP contribution in [-0.2, 0) is 0 Å². The molecule has 0 saturated heterocycles. The van der Waals surface area contributed by atoms with Gasteiger partial charge >= 0.3 is 0 Å². The van der Waals surface area contributed by atoms with Crippen LogP contribution in [0.5, 0.6) is 11.5 Å². The topological polar surface area (TPSA) is 84.2 Å². The number of hydrogen-bond donors (Lipinski definition) is 4. The number of rotatable bonds is 5. The number of phenols is 2. The molecule has 5 nitrogen and oxygen atoms in total. The molecule has 0 saturated carbocycles. The van der Waals surface area contributed by atoms with Gasteiger partial charge in [0.05, 0.1) is 0 Å². The first kappa shape index (κ1) is 19.8. The van der Waals surface area contributed by atoms with E-state index in [9.17, 15) is 10.2 Å². The lowest BCUT2D eigenvalue weighted by Gasteiger charge is -2.33. The average Bonchev–Trinajstić information content (AvgIpc) is 2.59. The molecule has 2 atom stereocenters. The van der Waals surface area contributed by atoms with Gasteiger partial charge in [0.15, 0.2) is 0 Å². The van der Waals surface area contributed by atoms with Crippen molar-refractivity contribution < 1.29 is 20.4 Å².